The van der Waals surface area contributed by atoms with Crippen LogP contribution in [0.3, 0.4) is 0 Å². The van der Waals surface area contributed by atoms with Gasteiger partial charge in [0.05, 0.1) is 11.4 Å². The minimum absolute atomic E-state index is 0.567. The summed E-state index contributed by atoms with van der Waals surface area (Å²) in [4.78, 5) is 15.4. The number of imidazole rings is 1. The van der Waals surface area contributed by atoms with Crippen molar-refractivity contribution in [2.45, 2.75) is 0 Å². The zero-order valence-electron chi connectivity index (χ0n) is 22.1. The second-order valence-electron chi connectivity index (χ2n) is 9.52. The summed E-state index contributed by atoms with van der Waals surface area (Å²) in [7, 11) is 6.01. The average Bonchev–Trinajstić information content (AvgIpc) is 3.61. The lowest BCUT2D eigenvalue weighted by Gasteiger charge is -2.12. The van der Waals surface area contributed by atoms with Crippen molar-refractivity contribution in [3.8, 4) is 33.9 Å². The first kappa shape index (κ1) is 24.2. The lowest BCUT2D eigenvalue weighted by atomic mass is 10.0. The van der Waals surface area contributed by atoms with Gasteiger partial charge in [-0.25, -0.2) is 9.97 Å². The summed E-state index contributed by atoms with van der Waals surface area (Å²) in [5.41, 5.74) is 9.83. The summed E-state index contributed by atoms with van der Waals surface area (Å²) < 4.78 is 5.89. The Balaban J connectivity index is 1.43. The third-order valence-electron chi connectivity index (χ3n) is 6.76. The number of para-hydroxylation sites is 2. The highest BCUT2D eigenvalue weighted by Gasteiger charge is 2.17. The average molecular weight is 512 g/mol. The van der Waals surface area contributed by atoms with Crippen molar-refractivity contribution in [3.63, 3.8) is 0 Å². The smallest absolute Gasteiger partial charge is 0.220 e. The van der Waals surface area contributed by atoms with Crippen molar-refractivity contribution in [3.05, 3.63) is 109 Å². The van der Waals surface area contributed by atoms with E-state index in [1.165, 1.54) is 0 Å². The van der Waals surface area contributed by atoms with Crippen LogP contribution in [0, 0.1) is 0 Å². The van der Waals surface area contributed by atoms with Gasteiger partial charge in [-0.05, 0) is 48.0 Å². The Morgan fingerprint density at radius 1 is 0.769 bits per heavy atom. The predicted molar refractivity (Wildman–Crippen MR) is 162 cm³/mol. The summed E-state index contributed by atoms with van der Waals surface area (Å²) in [5, 5.41) is 3.19. The molecule has 6 heteroatoms. The fourth-order valence-electron chi connectivity index (χ4n) is 4.62. The lowest BCUT2D eigenvalue weighted by molar-refractivity contribution is 0.590. The molecule has 0 unspecified atom stereocenters. The molecule has 6 nitrogen and oxygen atoms in total. The number of aromatic nitrogens is 3. The van der Waals surface area contributed by atoms with Crippen LogP contribution in [0.25, 0.3) is 57.2 Å². The van der Waals surface area contributed by atoms with Gasteiger partial charge in [0.1, 0.15) is 11.3 Å². The van der Waals surface area contributed by atoms with Crippen LogP contribution in [-0.2, 0) is 0 Å². The molecule has 6 aromatic rings. The molecule has 39 heavy (non-hydrogen) atoms. The van der Waals surface area contributed by atoms with Crippen LogP contribution in [0.5, 0.6) is 0 Å². The molecule has 2 heterocycles. The van der Waals surface area contributed by atoms with Crippen molar-refractivity contribution in [1.82, 2.24) is 15.0 Å². The van der Waals surface area contributed by atoms with Crippen LogP contribution < -0.4 is 10.2 Å². The number of hydrogen-bond donors (Lipinski definition) is 2. The molecule has 0 saturated heterocycles. The quantitative estimate of drug-likeness (QED) is 0.229. The number of nitrogens with zero attached hydrogens (tertiary/aromatic N) is 3. The van der Waals surface area contributed by atoms with E-state index in [0.29, 0.717) is 5.89 Å². The number of fused-ring (bicyclic) bond motifs is 1. The van der Waals surface area contributed by atoms with Gasteiger partial charge < -0.3 is 19.6 Å². The first-order chi connectivity index (χ1) is 19.1. The largest absolute Gasteiger partial charge is 0.437 e. The van der Waals surface area contributed by atoms with Crippen LogP contribution in [0.15, 0.2) is 101 Å². The van der Waals surface area contributed by atoms with Gasteiger partial charge in [-0.2, -0.15) is 0 Å². The molecule has 0 fully saturated rings. The van der Waals surface area contributed by atoms with E-state index in [1.807, 2.05) is 69.7 Å². The molecule has 192 valence electrons. The number of aromatic amines is 1. The standard InChI is InChI=1S/C33H29N5O/c1-34-25-17-12-23(13-18-25)31-32(24-14-19-26(20-15-24)38(2)3)37-33(36-31)27-9-5-4-8-22(27)16-21-30-35-28-10-6-7-11-29(28)39-30/h4-21,34H,1-3H3,(H,36,37)/b21-16+. The van der Waals surface area contributed by atoms with Gasteiger partial charge in [-0.1, -0.05) is 60.7 Å². The number of benzene rings is 4. The molecule has 0 amide bonds. The molecular weight excluding hydrogens is 482 g/mol. The Morgan fingerprint density at radius 2 is 1.49 bits per heavy atom. The van der Waals surface area contributed by atoms with Crippen molar-refractivity contribution in [2.75, 3.05) is 31.4 Å². The Hall–Kier alpha value is -5.10. The van der Waals surface area contributed by atoms with Crippen LogP contribution >= 0.6 is 0 Å². The molecule has 0 aliphatic heterocycles. The summed E-state index contributed by atoms with van der Waals surface area (Å²) in [6.07, 6.45) is 3.93. The van der Waals surface area contributed by atoms with Crippen LogP contribution in [0.1, 0.15) is 11.5 Å². The second kappa shape index (κ2) is 10.3. The predicted octanol–water partition coefficient (Wildman–Crippen LogP) is 7.83. The van der Waals surface area contributed by atoms with Gasteiger partial charge in [0.25, 0.3) is 0 Å². The fourth-order valence-corrected chi connectivity index (χ4v) is 4.62. The molecule has 2 aromatic heterocycles. The van der Waals surface area contributed by atoms with Gasteiger partial charge in [0.15, 0.2) is 5.58 Å². The van der Waals surface area contributed by atoms with Gasteiger partial charge in [-0.15, -0.1) is 0 Å². The van der Waals surface area contributed by atoms with Gasteiger partial charge in [0, 0.05) is 55.3 Å². The van der Waals surface area contributed by atoms with Gasteiger partial charge in [-0.3, -0.25) is 0 Å². The van der Waals surface area contributed by atoms with Crippen LogP contribution in [0.4, 0.5) is 11.4 Å². The van der Waals surface area contributed by atoms with Crippen molar-refractivity contribution in [2.24, 2.45) is 0 Å². The Bertz CT molecular complexity index is 1730. The molecule has 0 aliphatic rings. The highest BCUT2D eigenvalue weighted by atomic mass is 16.3. The number of H-pyrrole nitrogens is 1. The highest BCUT2D eigenvalue weighted by molar-refractivity contribution is 5.85. The topological polar surface area (TPSA) is 70.0 Å². The Kier molecular flexibility index (Phi) is 6.43. The molecule has 0 bridgehead atoms. The van der Waals surface area contributed by atoms with Gasteiger partial charge in [0.2, 0.25) is 5.89 Å². The zero-order chi connectivity index (χ0) is 26.8. The molecule has 0 atom stereocenters. The summed E-state index contributed by atoms with van der Waals surface area (Å²) in [6.45, 7) is 0. The van der Waals surface area contributed by atoms with E-state index in [2.05, 4.69) is 80.8 Å². The molecular formula is C33H29N5O. The first-order valence-electron chi connectivity index (χ1n) is 12.9. The number of hydrogen-bond acceptors (Lipinski definition) is 5. The van der Waals surface area contributed by atoms with E-state index in [0.717, 1.165) is 61.9 Å². The summed E-state index contributed by atoms with van der Waals surface area (Å²) in [6, 6.07) is 32.8. The maximum atomic E-state index is 5.89. The molecule has 0 saturated carbocycles. The minimum atomic E-state index is 0.567. The van der Waals surface area contributed by atoms with Crippen LogP contribution in [0.2, 0.25) is 0 Å². The molecule has 0 aliphatic carbocycles. The third-order valence-corrected chi connectivity index (χ3v) is 6.76. The molecule has 4 aromatic carbocycles. The summed E-state index contributed by atoms with van der Waals surface area (Å²) >= 11 is 0. The Labute approximate surface area is 227 Å². The maximum Gasteiger partial charge on any atom is 0.220 e. The SMILES string of the molecule is CNc1ccc(-c2[nH]c(-c3ccccc3/C=C/c3nc4ccccc4o3)nc2-c2ccc(N(C)C)cc2)cc1. The van der Waals surface area contributed by atoms with E-state index in [-0.39, 0.29) is 0 Å². The molecule has 0 spiro atoms. The summed E-state index contributed by atoms with van der Waals surface area (Å²) in [5.74, 6) is 1.37. The number of nitrogens with one attached hydrogen (secondary N) is 2. The van der Waals surface area contributed by atoms with E-state index >= 15 is 0 Å². The minimum Gasteiger partial charge on any atom is -0.437 e. The highest BCUT2D eigenvalue weighted by Crippen LogP contribution is 2.35. The molecule has 2 N–H and O–H groups in total. The monoisotopic (exact) mass is 511 g/mol. The van der Waals surface area contributed by atoms with E-state index < -0.39 is 0 Å². The van der Waals surface area contributed by atoms with E-state index in [1.54, 1.807) is 0 Å². The number of oxazole rings is 1. The zero-order valence-corrected chi connectivity index (χ0v) is 22.1. The van der Waals surface area contributed by atoms with E-state index in [9.17, 15) is 0 Å². The van der Waals surface area contributed by atoms with Crippen LogP contribution in [-0.4, -0.2) is 36.1 Å². The third kappa shape index (κ3) is 4.92. The normalized spacial score (nSPS) is 11.4. The van der Waals surface area contributed by atoms with Crippen molar-refractivity contribution >= 4 is 34.6 Å². The lowest BCUT2D eigenvalue weighted by Crippen LogP contribution is -2.07. The van der Waals surface area contributed by atoms with Gasteiger partial charge >= 0.3 is 0 Å². The van der Waals surface area contributed by atoms with Crippen molar-refractivity contribution < 1.29 is 4.42 Å². The number of anilines is 2. The molecule has 0 radical (unpaired) electrons. The number of rotatable bonds is 7. The maximum absolute atomic E-state index is 5.89. The van der Waals surface area contributed by atoms with Crippen molar-refractivity contribution in [1.29, 1.82) is 0 Å². The molecule has 6 rings (SSSR count). The second-order valence-corrected chi connectivity index (χ2v) is 9.52. The van der Waals surface area contributed by atoms with E-state index in [4.69, 9.17) is 9.40 Å². The fraction of sp³-hybridized carbons (Fsp3) is 0.0909. The Morgan fingerprint density at radius 3 is 2.23 bits per heavy atom. The first-order valence-corrected chi connectivity index (χ1v) is 12.9.